The second kappa shape index (κ2) is 5.31. The number of hydrogen-bond acceptors (Lipinski definition) is 3. The Hall–Kier alpha value is -1.36. The van der Waals surface area contributed by atoms with E-state index in [1.165, 1.54) is 0 Å². The van der Waals surface area contributed by atoms with E-state index in [1.807, 2.05) is 24.1 Å². The Morgan fingerprint density at radius 3 is 3.12 bits per heavy atom. The second-order valence-electron chi connectivity index (χ2n) is 4.80. The van der Waals surface area contributed by atoms with Gasteiger partial charge in [0, 0.05) is 31.5 Å². The maximum absolute atomic E-state index is 12.1. The molecule has 1 fully saturated rings. The first-order chi connectivity index (χ1) is 8.16. The molecule has 0 saturated carbocycles. The highest BCUT2D eigenvalue weighted by molar-refractivity contribution is 5.76. The van der Waals surface area contributed by atoms with Crippen LogP contribution in [0, 0.1) is 5.92 Å². The Kier molecular flexibility index (Phi) is 3.78. The number of carbonyl (C=O) groups is 1. The zero-order valence-corrected chi connectivity index (χ0v) is 10.2. The van der Waals surface area contributed by atoms with Crippen molar-refractivity contribution in [3.05, 3.63) is 18.5 Å². The van der Waals surface area contributed by atoms with Gasteiger partial charge in [-0.05, 0) is 31.7 Å². The van der Waals surface area contributed by atoms with Gasteiger partial charge in [0.1, 0.15) is 6.54 Å². The van der Waals surface area contributed by atoms with Crippen molar-refractivity contribution in [2.75, 3.05) is 13.1 Å². The Morgan fingerprint density at radius 2 is 2.47 bits per heavy atom. The molecule has 1 aromatic rings. The SMILES string of the molecule is C[C@H](N)[C@@H]1CCCN(C(=O)Cn2cccn2)C1. The molecule has 0 aliphatic carbocycles. The lowest BCUT2D eigenvalue weighted by molar-refractivity contribution is -0.134. The quantitative estimate of drug-likeness (QED) is 0.829. The van der Waals surface area contributed by atoms with Crippen molar-refractivity contribution in [1.82, 2.24) is 14.7 Å². The molecule has 1 aromatic heterocycles. The summed E-state index contributed by atoms with van der Waals surface area (Å²) in [5, 5.41) is 4.05. The zero-order valence-electron chi connectivity index (χ0n) is 10.2. The monoisotopic (exact) mass is 236 g/mol. The molecule has 0 unspecified atom stereocenters. The fourth-order valence-electron chi connectivity index (χ4n) is 2.30. The summed E-state index contributed by atoms with van der Waals surface area (Å²) in [6, 6.07) is 1.99. The molecule has 0 aromatic carbocycles. The third kappa shape index (κ3) is 3.06. The van der Waals surface area contributed by atoms with E-state index in [0.717, 1.165) is 25.9 Å². The molecule has 1 saturated heterocycles. The highest BCUT2D eigenvalue weighted by Gasteiger charge is 2.25. The summed E-state index contributed by atoms with van der Waals surface area (Å²) in [5.74, 6) is 0.573. The van der Waals surface area contributed by atoms with Gasteiger partial charge in [0.25, 0.3) is 0 Å². The predicted molar refractivity (Wildman–Crippen MR) is 65.2 cm³/mol. The molecule has 2 N–H and O–H groups in total. The molecule has 1 aliphatic heterocycles. The van der Waals surface area contributed by atoms with Crippen LogP contribution in [-0.2, 0) is 11.3 Å². The number of rotatable bonds is 3. The first kappa shape index (κ1) is 12.1. The number of nitrogens with zero attached hydrogens (tertiary/aromatic N) is 3. The normalized spacial score (nSPS) is 22.5. The van der Waals surface area contributed by atoms with Gasteiger partial charge in [0.05, 0.1) is 0 Å². The van der Waals surface area contributed by atoms with Crippen LogP contribution in [0.2, 0.25) is 0 Å². The van der Waals surface area contributed by atoms with Gasteiger partial charge in [-0.25, -0.2) is 0 Å². The Bertz CT molecular complexity index is 361. The summed E-state index contributed by atoms with van der Waals surface area (Å²) < 4.78 is 1.66. The van der Waals surface area contributed by atoms with Gasteiger partial charge in [-0.2, -0.15) is 5.10 Å². The number of carbonyl (C=O) groups excluding carboxylic acids is 1. The van der Waals surface area contributed by atoms with Crippen molar-refractivity contribution in [3.63, 3.8) is 0 Å². The van der Waals surface area contributed by atoms with Gasteiger partial charge >= 0.3 is 0 Å². The third-order valence-corrected chi connectivity index (χ3v) is 3.41. The molecular formula is C12H20N4O. The van der Waals surface area contributed by atoms with Gasteiger partial charge in [-0.15, -0.1) is 0 Å². The maximum atomic E-state index is 12.1. The minimum absolute atomic E-state index is 0.138. The van der Waals surface area contributed by atoms with Crippen LogP contribution >= 0.6 is 0 Å². The first-order valence-electron chi connectivity index (χ1n) is 6.17. The van der Waals surface area contributed by atoms with Crippen LogP contribution in [0.4, 0.5) is 0 Å². The van der Waals surface area contributed by atoms with Crippen LogP contribution in [0.3, 0.4) is 0 Å². The van der Waals surface area contributed by atoms with E-state index in [9.17, 15) is 4.79 Å². The molecule has 5 nitrogen and oxygen atoms in total. The van der Waals surface area contributed by atoms with E-state index in [2.05, 4.69) is 5.10 Å². The third-order valence-electron chi connectivity index (χ3n) is 3.41. The summed E-state index contributed by atoms with van der Waals surface area (Å²) in [4.78, 5) is 14.0. The lowest BCUT2D eigenvalue weighted by atomic mass is 9.92. The summed E-state index contributed by atoms with van der Waals surface area (Å²) in [5.41, 5.74) is 5.91. The van der Waals surface area contributed by atoms with E-state index in [-0.39, 0.29) is 11.9 Å². The lowest BCUT2D eigenvalue weighted by Gasteiger charge is -2.34. The van der Waals surface area contributed by atoms with Crippen molar-refractivity contribution < 1.29 is 4.79 Å². The molecule has 0 radical (unpaired) electrons. The van der Waals surface area contributed by atoms with Crippen LogP contribution < -0.4 is 5.73 Å². The van der Waals surface area contributed by atoms with Crippen LogP contribution in [0.1, 0.15) is 19.8 Å². The smallest absolute Gasteiger partial charge is 0.244 e. The van der Waals surface area contributed by atoms with Gasteiger partial charge < -0.3 is 10.6 Å². The molecule has 0 bridgehead atoms. The van der Waals surface area contributed by atoms with Crippen molar-refractivity contribution in [3.8, 4) is 0 Å². The van der Waals surface area contributed by atoms with E-state index >= 15 is 0 Å². The number of amides is 1. The summed E-state index contributed by atoms with van der Waals surface area (Å²) in [6.07, 6.45) is 5.68. The largest absolute Gasteiger partial charge is 0.341 e. The molecular weight excluding hydrogens is 216 g/mol. The summed E-state index contributed by atoms with van der Waals surface area (Å²) in [6.45, 7) is 3.99. The Balaban J connectivity index is 1.91. The molecule has 2 heterocycles. The molecule has 2 rings (SSSR count). The highest BCUT2D eigenvalue weighted by Crippen LogP contribution is 2.18. The number of aromatic nitrogens is 2. The molecule has 94 valence electrons. The molecule has 17 heavy (non-hydrogen) atoms. The average Bonchev–Trinajstić information content (AvgIpc) is 2.82. The number of nitrogens with two attached hydrogens (primary N) is 1. The number of hydrogen-bond donors (Lipinski definition) is 1. The second-order valence-corrected chi connectivity index (χ2v) is 4.80. The minimum atomic E-state index is 0.138. The molecule has 1 amide bonds. The van der Waals surface area contributed by atoms with E-state index in [0.29, 0.717) is 12.5 Å². The van der Waals surface area contributed by atoms with Crippen molar-refractivity contribution in [2.45, 2.75) is 32.4 Å². The minimum Gasteiger partial charge on any atom is -0.341 e. The van der Waals surface area contributed by atoms with Gasteiger partial charge in [0.2, 0.25) is 5.91 Å². The number of piperidine rings is 1. The first-order valence-corrected chi connectivity index (χ1v) is 6.17. The predicted octanol–water partition coefficient (Wildman–Crippen LogP) is 0.469. The van der Waals surface area contributed by atoms with E-state index < -0.39 is 0 Å². The van der Waals surface area contributed by atoms with E-state index in [4.69, 9.17) is 5.73 Å². The molecule has 1 aliphatic rings. The van der Waals surface area contributed by atoms with Crippen molar-refractivity contribution >= 4 is 5.91 Å². The van der Waals surface area contributed by atoms with Crippen LogP contribution in [0.5, 0.6) is 0 Å². The van der Waals surface area contributed by atoms with Gasteiger partial charge in [-0.1, -0.05) is 0 Å². The Morgan fingerprint density at radius 1 is 1.65 bits per heavy atom. The zero-order chi connectivity index (χ0) is 12.3. The molecule has 0 spiro atoms. The van der Waals surface area contributed by atoms with Crippen molar-refractivity contribution in [1.29, 1.82) is 0 Å². The standard InChI is InChI=1S/C12H20N4O/c1-10(13)11-4-2-6-15(8-11)12(17)9-16-7-3-5-14-16/h3,5,7,10-11H,2,4,6,8-9,13H2,1H3/t10-,11+/m0/s1. The lowest BCUT2D eigenvalue weighted by Crippen LogP contribution is -2.46. The van der Waals surface area contributed by atoms with E-state index in [1.54, 1.807) is 10.9 Å². The molecule has 2 atom stereocenters. The highest BCUT2D eigenvalue weighted by atomic mass is 16.2. The topological polar surface area (TPSA) is 64.2 Å². The summed E-state index contributed by atoms with van der Waals surface area (Å²) >= 11 is 0. The van der Waals surface area contributed by atoms with Crippen LogP contribution in [-0.4, -0.2) is 39.7 Å². The maximum Gasteiger partial charge on any atom is 0.244 e. The van der Waals surface area contributed by atoms with Crippen LogP contribution in [0.15, 0.2) is 18.5 Å². The van der Waals surface area contributed by atoms with Crippen molar-refractivity contribution in [2.24, 2.45) is 11.7 Å². The van der Waals surface area contributed by atoms with Gasteiger partial charge in [0.15, 0.2) is 0 Å². The fraction of sp³-hybridized carbons (Fsp3) is 0.667. The summed E-state index contributed by atoms with van der Waals surface area (Å²) in [7, 11) is 0. The average molecular weight is 236 g/mol. The fourth-order valence-corrected chi connectivity index (χ4v) is 2.30. The molecule has 5 heteroatoms. The van der Waals surface area contributed by atoms with Crippen LogP contribution in [0.25, 0.3) is 0 Å². The van der Waals surface area contributed by atoms with Gasteiger partial charge in [-0.3, -0.25) is 9.48 Å². The number of likely N-dealkylation sites (tertiary alicyclic amines) is 1. The Labute approximate surface area is 102 Å².